The summed E-state index contributed by atoms with van der Waals surface area (Å²) in [7, 11) is 0. The largest absolute Gasteiger partial charge is 0.492 e. The fourth-order valence-electron chi connectivity index (χ4n) is 2.30. The third kappa shape index (κ3) is 8.15. The minimum absolute atomic E-state index is 0. The van der Waals surface area contributed by atoms with E-state index < -0.39 is 0 Å². The van der Waals surface area contributed by atoms with Crippen molar-refractivity contribution in [3.8, 4) is 5.75 Å². The van der Waals surface area contributed by atoms with Gasteiger partial charge in [-0.3, -0.25) is 4.79 Å². The first kappa shape index (κ1) is 23.7. The van der Waals surface area contributed by atoms with Gasteiger partial charge in [0.15, 0.2) is 5.96 Å². The Balaban J connectivity index is 0.00000392. The number of guanidine groups is 1. The monoisotopic (exact) mass is 501 g/mol. The van der Waals surface area contributed by atoms with Crippen molar-refractivity contribution in [2.75, 3.05) is 25.0 Å². The smallest absolute Gasteiger partial charge is 0.221 e. The summed E-state index contributed by atoms with van der Waals surface area (Å²) in [5, 5.41) is 9.10. The molecule has 154 valence electrons. The van der Waals surface area contributed by atoms with Crippen molar-refractivity contribution >= 4 is 41.5 Å². The fourth-order valence-corrected chi connectivity index (χ4v) is 2.30. The van der Waals surface area contributed by atoms with Crippen molar-refractivity contribution in [1.29, 1.82) is 0 Å². The molecule has 9 heteroatoms. The van der Waals surface area contributed by atoms with Crippen LogP contribution in [0.2, 0.25) is 0 Å². The van der Waals surface area contributed by atoms with Crippen molar-refractivity contribution in [2.45, 2.75) is 34.2 Å². The highest BCUT2D eigenvalue weighted by Gasteiger charge is 2.05. The number of carbonyl (C=O) groups excluding carboxylic acids is 1. The summed E-state index contributed by atoms with van der Waals surface area (Å²) in [6.45, 7) is 9.40. The molecule has 0 bridgehead atoms. The molecule has 1 aromatic heterocycles. The first-order valence-electron chi connectivity index (χ1n) is 8.93. The number of ether oxygens (including phenoxy) is 1. The Morgan fingerprint density at radius 3 is 2.71 bits per heavy atom. The van der Waals surface area contributed by atoms with Crippen LogP contribution in [-0.2, 0) is 11.3 Å². The zero-order valence-corrected chi connectivity index (χ0v) is 19.0. The second kappa shape index (κ2) is 12.2. The highest BCUT2D eigenvalue weighted by atomic mass is 127. The van der Waals surface area contributed by atoms with Crippen LogP contribution in [0.3, 0.4) is 0 Å². The number of anilines is 1. The summed E-state index contributed by atoms with van der Waals surface area (Å²) in [4.78, 5) is 19.9. The number of nitrogens with zero attached hydrogens (tertiary/aromatic N) is 2. The Hall–Kier alpha value is -2.30. The normalized spacial score (nSPS) is 10.8. The van der Waals surface area contributed by atoms with Gasteiger partial charge in [-0.15, -0.1) is 24.0 Å². The zero-order valence-electron chi connectivity index (χ0n) is 16.7. The standard InChI is InChI=1S/C19H27N5O3.HI/c1-5-20-19(22-12-18-23-13(2)14(3)27-18)21-9-10-26-17-8-6-7-16(11-17)24-15(4)25;/h6-8,11H,5,9-10,12H2,1-4H3,(H,24,25)(H2,20,21,22);1H. The van der Waals surface area contributed by atoms with E-state index in [0.717, 1.165) is 18.0 Å². The number of benzene rings is 1. The first-order valence-corrected chi connectivity index (χ1v) is 8.93. The molecular weight excluding hydrogens is 473 g/mol. The molecule has 0 aliphatic carbocycles. The van der Waals surface area contributed by atoms with E-state index in [1.807, 2.05) is 39.0 Å². The van der Waals surface area contributed by atoms with E-state index in [4.69, 9.17) is 9.15 Å². The van der Waals surface area contributed by atoms with Gasteiger partial charge < -0.3 is 25.1 Å². The van der Waals surface area contributed by atoms with Crippen LogP contribution >= 0.6 is 24.0 Å². The number of aromatic nitrogens is 1. The zero-order chi connectivity index (χ0) is 19.6. The number of carbonyl (C=O) groups is 1. The molecule has 0 radical (unpaired) electrons. The van der Waals surface area contributed by atoms with Crippen LogP contribution in [0.25, 0.3) is 0 Å². The average Bonchev–Trinajstić information content (AvgIpc) is 2.94. The Kier molecular flexibility index (Phi) is 10.4. The van der Waals surface area contributed by atoms with Crippen LogP contribution in [0.15, 0.2) is 33.7 Å². The molecule has 1 heterocycles. The molecular formula is C19H28IN5O3. The van der Waals surface area contributed by atoms with Crippen molar-refractivity contribution in [2.24, 2.45) is 4.99 Å². The van der Waals surface area contributed by atoms with Crippen LogP contribution in [-0.4, -0.2) is 36.5 Å². The lowest BCUT2D eigenvalue weighted by Crippen LogP contribution is -2.39. The van der Waals surface area contributed by atoms with Gasteiger partial charge in [0.1, 0.15) is 24.7 Å². The molecule has 2 aromatic rings. The predicted molar refractivity (Wildman–Crippen MR) is 120 cm³/mol. The predicted octanol–water partition coefficient (Wildman–Crippen LogP) is 3.00. The number of amides is 1. The van der Waals surface area contributed by atoms with Gasteiger partial charge in [0.05, 0.1) is 12.2 Å². The maximum atomic E-state index is 11.1. The van der Waals surface area contributed by atoms with Gasteiger partial charge in [-0.25, -0.2) is 9.98 Å². The van der Waals surface area contributed by atoms with E-state index in [1.165, 1.54) is 6.92 Å². The van der Waals surface area contributed by atoms with E-state index in [1.54, 1.807) is 6.07 Å². The number of aliphatic imine (C=N–C) groups is 1. The summed E-state index contributed by atoms with van der Waals surface area (Å²) in [5.41, 5.74) is 1.59. The summed E-state index contributed by atoms with van der Waals surface area (Å²) in [6.07, 6.45) is 0. The van der Waals surface area contributed by atoms with Crippen LogP contribution in [0.1, 0.15) is 31.2 Å². The molecule has 3 N–H and O–H groups in total. The maximum Gasteiger partial charge on any atom is 0.221 e. The summed E-state index contributed by atoms with van der Waals surface area (Å²) >= 11 is 0. The Bertz CT molecular complexity index is 772. The summed E-state index contributed by atoms with van der Waals surface area (Å²) in [6, 6.07) is 7.28. The van der Waals surface area contributed by atoms with Crippen LogP contribution in [0, 0.1) is 13.8 Å². The third-order valence-corrected chi connectivity index (χ3v) is 3.61. The lowest BCUT2D eigenvalue weighted by molar-refractivity contribution is -0.114. The molecule has 1 aromatic carbocycles. The molecule has 1 amide bonds. The van der Waals surface area contributed by atoms with Gasteiger partial charge in [-0.2, -0.15) is 0 Å². The Morgan fingerprint density at radius 2 is 2.07 bits per heavy atom. The molecule has 0 spiro atoms. The van der Waals surface area contributed by atoms with Crippen molar-refractivity contribution in [3.63, 3.8) is 0 Å². The van der Waals surface area contributed by atoms with Gasteiger partial charge in [0.25, 0.3) is 0 Å². The highest BCUT2D eigenvalue weighted by molar-refractivity contribution is 14.0. The highest BCUT2D eigenvalue weighted by Crippen LogP contribution is 2.17. The second-order valence-corrected chi connectivity index (χ2v) is 5.93. The molecule has 8 nitrogen and oxygen atoms in total. The number of nitrogens with one attached hydrogen (secondary N) is 3. The van der Waals surface area contributed by atoms with Gasteiger partial charge in [0, 0.05) is 25.2 Å². The maximum absolute atomic E-state index is 11.1. The summed E-state index contributed by atoms with van der Waals surface area (Å²) in [5.74, 6) is 2.65. The van der Waals surface area contributed by atoms with Crippen molar-refractivity contribution in [1.82, 2.24) is 15.6 Å². The topological polar surface area (TPSA) is 101 Å². The van der Waals surface area contributed by atoms with E-state index in [0.29, 0.717) is 43.0 Å². The second-order valence-electron chi connectivity index (χ2n) is 5.93. The fraction of sp³-hybridized carbons (Fsp3) is 0.421. The van der Waals surface area contributed by atoms with E-state index >= 15 is 0 Å². The lowest BCUT2D eigenvalue weighted by Gasteiger charge is -2.12. The van der Waals surface area contributed by atoms with Gasteiger partial charge in [-0.05, 0) is 32.9 Å². The van der Waals surface area contributed by atoms with Gasteiger partial charge in [-0.1, -0.05) is 6.07 Å². The molecule has 0 aliphatic rings. The van der Waals surface area contributed by atoms with Crippen LogP contribution in [0.4, 0.5) is 5.69 Å². The molecule has 0 unspecified atom stereocenters. The molecule has 28 heavy (non-hydrogen) atoms. The van der Waals surface area contributed by atoms with Gasteiger partial charge in [0.2, 0.25) is 11.8 Å². The molecule has 0 saturated heterocycles. The molecule has 0 saturated carbocycles. The van der Waals surface area contributed by atoms with E-state index in [-0.39, 0.29) is 29.9 Å². The van der Waals surface area contributed by atoms with Crippen LogP contribution < -0.4 is 20.7 Å². The average molecular weight is 501 g/mol. The Morgan fingerprint density at radius 1 is 1.29 bits per heavy atom. The number of oxazole rings is 1. The number of rotatable bonds is 8. The number of hydrogen-bond acceptors (Lipinski definition) is 5. The van der Waals surface area contributed by atoms with Gasteiger partial charge >= 0.3 is 0 Å². The minimum atomic E-state index is -0.114. The third-order valence-electron chi connectivity index (χ3n) is 3.61. The lowest BCUT2D eigenvalue weighted by atomic mass is 10.3. The first-order chi connectivity index (χ1) is 13.0. The number of halogens is 1. The minimum Gasteiger partial charge on any atom is -0.492 e. The summed E-state index contributed by atoms with van der Waals surface area (Å²) < 4.78 is 11.2. The van der Waals surface area contributed by atoms with Crippen molar-refractivity contribution < 1.29 is 13.9 Å². The number of hydrogen-bond donors (Lipinski definition) is 3. The number of aryl methyl sites for hydroxylation is 2. The Labute approximate surface area is 182 Å². The van der Waals surface area contributed by atoms with Crippen LogP contribution in [0.5, 0.6) is 5.75 Å². The molecule has 0 fully saturated rings. The van der Waals surface area contributed by atoms with E-state index in [9.17, 15) is 4.79 Å². The SMILES string of the molecule is CCNC(=NCc1nc(C)c(C)o1)NCCOc1cccc(NC(C)=O)c1.I. The van der Waals surface area contributed by atoms with E-state index in [2.05, 4.69) is 25.9 Å². The van der Waals surface area contributed by atoms with Crippen molar-refractivity contribution in [3.05, 3.63) is 41.6 Å². The molecule has 0 aliphatic heterocycles. The molecule has 2 rings (SSSR count). The quantitative estimate of drug-likeness (QED) is 0.223. The molecule has 0 atom stereocenters.